The minimum atomic E-state index is 0.102. The molecule has 3 heteroatoms. The van der Waals surface area contributed by atoms with E-state index in [-0.39, 0.29) is 5.91 Å². The van der Waals surface area contributed by atoms with Gasteiger partial charge >= 0.3 is 0 Å². The van der Waals surface area contributed by atoms with Gasteiger partial charge in [-0.25, -0.2) is 0 Å². The Balaban J connectivity index is 1.74. The summed E-state index contributed by atoms with van der Waals surface area (Å²) in [5, 5.41) is 3.18. The Labute approximate surface area is 120 Å². The standard InChI is InChI=1S/C17H20N2O/c1-19(14-16-10-6-3-7-11-16)17(20)13-18-12-15-8-4-2-5-9-15/h2-11,18H,12-14H2,1H3. The number of carbonyl (C=O) groups is 1. The van der Waals surface area contributed by atoms with Crippen LogP contribution in [0.15, 0.2) is 60.7 Å². The lowest BCUT2D eigenvalue weighted by Crippen LogP contribution is -2.34. The fraction of sp³-hybridized carbons (Fsp3) is 0.235. The molecule has 0 atom stereocenters. The second-order valence-corrected chi connectivity index (χ2v) is 4.82. The monoisotopic (exact) mass is 268 g/mol. The van der Waals surface area contributed by atoms with Crippen LogP contribution in [0, 0.1) is 0 Å². The van der Waals surface area contributed by atoms with Crippen molar-refractivity contribution in [3.05, 3.63) is 71.8 Å². The van der Waals surface area contributed by atoms with Crippen LogP contribution in [0.5, 0.6) is 0 Å². The van der Waals surface area contributed by atoms with Crippen LogP contribution in [0.2, 0.25) is 0 Å². The van der Waals surface area contributed by atoms with E-state index < -0.39 is 0 Å². The summed E-state index contributed by atoms with van der Waals surface area (Å²) in [6, 6.07) is 20.1. The summed E-state index contributed by atoms with van der Waals surface area (Å²) in [5.41, 5.74) is 2.33. The molecule has 0 bridgehead atoms. The number of rotatable bonds is 6. The number of likely N-dealkylation sites (N-methyl/N-ethyl adjacent to an activating group) is 1. The van der Waals surface area contributed by atoms with Crippen molar-refractivity contribution >= 4 is 5.91 Å². The number of nitrogens with zero attached hydrogens (tertiary/aromatic N) is 1. The number of nitrogens with one attached hydrogen (secondary N) is 1. The van der Waals surface area contributed by atoms with E-state index in [1.165, 1.54) is 5.56 Å². The van der Waals surface area contributed by atoms with Gasteiger partial charge in [-0.05, 0) is 11.1 Å². The van der Waals surface area contributed by atoms with Gasteiger partial charge in [0.25, 0.3) is 0 Å². The molecule has 0 aliphatic rings. The normalized spacial score (nSPS) is 10.2. The van der Waals surface area contributed by atoms with Crippen LogP contribution in [-0.2, 0) is 17.9 Å². The Morgan fingerprint density at radius 3 is 2.10 bits per heavy atom. The third kappa shape index (κ3) is 4.52. The van der Waals surface area contributed by atoms with Crippen LogP contribution < -0.4 is 5.32 Å². The van der Waals surface area contributed by atoms with Gasteiger partial charge in [-0.3, -0.25) is 4.79 Å². The summed E-state index contributed by atoms with van der Waals surface area (Å²) in [5.74, 6) is 0.102. The Morgan fingerprint density at radius 1 is 0.950 bits per heavy atom. The predicted molar refractivity (Wildman–Crippen MR) is 81.1 cm³/mol. The lowest BCUT2D eigenvalue weighted by atomic mass is 10.2. The zero-order valence-electron chi connectivity index (χ0n) is 11.8. The highest BCUT2D eigenvalue weighted by Crippen LogP contribution is 2.02. The van der Waals surface area contributed by atoms with Crippen molar-refractivity contribution < 1.29 is 4.79 Å². The van der Waals surface area contributed by atoms with E-state index in [0.717, 1.165) is 5.56 Å². The van der Waals surface area contributed by atoms with E-state index in [0.29, 0.717) is 19.6 Å². The SMILES string of the molecule is CN(Cc1ccccc1)C(=O)CNCc1ccccc1. The van der Waals surface area contributed by atoms with Crippen LogP contribution in [0.1, 0.15) is 11.1 Å². The quantitative estimate of drug-likeness (QED) is 0.872. The van der Waals surface area contributed by atoms with Crippen molar-refractivity contribution in [2.75, 3.05) is 13.6 Å². The highest BCUT2D eigenvalue weighted by atomic mass is 16.2. The maximum Gasteiger partial charge on any atom is 0.236 e. The summed E-state index contributed by atoms with van der Waals surface area (Å²) in [6.07, 6.45) is 0. The molecule has 2 aromatic rings. The summed E-state index contributed by atoms with van der Waals surface area (Å²) >= 11 is 0. The van der Waals surface area contributed by atoms with E-state index >= 15 is 0 Å². The van der Waals surface area contributed by atoms with Crippen LogP contribution in [-0.4, -0.2) is 24.4 Å². The molecule has 0 aliphatic carbocycles. The summed E-state index contributed by atoms with van der Waals surface area (Å²) < 4.78 is 0. The maximum atomic E-state index is 12.0. The second kappa shape index (κ2) is 7.46. The minimum Gasteiger partial charge on any atom is -0.340 e. The van der Waals surface area contributed by atoms with Crippen molar-refractivity contribution in [1.29, 1.82) is 0 Å². The van der Waals surface area contributed by atoms with Crippen LogP contribution >= 0.6 is 0 Å². The highest BCUT2D eigenvalue weighted by Gasteiger charge is 2.08. The van der Waals surface area contributed by atoms with Gasteiger partial charge in [0.05, 0.1) is 6.54 Å². The Kier molecular flexibility index (Phi) is 5.33. The van der Waals surface area contributed by atoms with Gasteiger partial charge in [0, 0.05) is 20.1 Å². The van der Waals surface area contributed by atoms with E-state index in [1.807, 2.05) is 67.7 Å². The first-order chi connectivity index (χ1) is 9.75. The number of benzene rings is 2. The van der Waals surface area contributed by atoms with Crippen molar-refractivity contribution in [2.45, 2.75) is 13.1 Å². The van der Waals surface area contributed by atoms with Gasteiger partial charge in [0.2, 0.25) is 5.91 Å². The summed E-state index contributed by atoms with van der Waals surface area (Å²) in [7, 11) is 1.83. The lowest BCUT2D eigenvalue weighted by Gasteiger charge is -2.17. The Morgan fingerprint density at radius 2 is 1.50 bits per heavy atom. The van der Waals surface area contributed by atoms with Crippen molar-refractivity contribution in [1.82, 2.24) is 10.2 Å². The molecule has 0 aromatic heterocycles. The fourth-order valence-corrected chi connectivity index (χ4v) is 1.99. The molecule has 0 fully saturated rings. The molecule has 0 saturated heterocycles. The molecule has 104 valence electrons. The smallest absolute Gasteiger partial charge is 0.236 e. The Bertz CT molecular complexity index is 525. The fourth-order valence-electron chi connectivity index (χ4n) is 1.99. The summed E-state index contributed by atoms with van der Waals surface area (Å²) in [4.78, 5) is 13.7. The van der Waals surface area contributed by atoms with Gasteiger partial charge in [-0.2, -0.15) is 0 Å². The topological polar surface area (TPSA) is 32.3 Å². The molecular weight excluding hydrogens is 248 g/mol. The molecule has 0 radical (unpaired) electrons. The molecule has 0 spiro atoms. The molecule has 0 saturated carbocycles. The average Bonchev–Trinajstić information content (AvgIpc) is 2.49. The number of hydrogen-bond acceptors (Lipinski definition) is 2. The molecule has 1 N–H and O–H groups in total. The van der Waals surface area contributed by atoms with Gasteiger partial charge in [-0.1, -0.05) is 60.7 Å². The minimum absolute atomic E-state index is 0.102. The summed E-state index contributed by atoms with van der Waals surface area (Å²) in [6.45, 7) is 1.72. The first-order valence-corrected chi connectivity index (χ1v) is 6.78. The first kappa shape index (κ1) is 14.3. The van der Waals surface area contributed by atoms with Crippen LogP contribution in [0.4, 0.5) is 0 Å². The molecule has 2 aromatic carbocycles. The molecule has 20 heavy (non-hydrogen) atoms. The molecule has 0 aliphatic heterocycles. The van der Waals surface area contributed by atoms with Crippen molar-refractivity contribution in [2.24, 2.45) is 0 Å². The molecule has 2 rings (SSSR count). The van der Waals surface area contributed by atoms with Crippen molar-refractivity contribution in [3.63, 3.8) is 0 Å². The third-order valence-corrected chi connectivity index (χ3v) is 3.14. The predicted octanol–water partition coefficient (Wildman–Crippen LogP) is 2.43. The second-order valence-electron chi connectivity index (χ2n) is 4.82. The molecular formula is C17H20N2O. The average molecular weight is 268 g/mol. The molecule has 1 amide bonds. The number of amides is 1. The van der Waals surface area contributed by atoms with Gasteiger partial charge in [-0.15, -0.1) is 0 Å². The van der Waals surface area contributed by atoms with E-state index in [4.69, 9.17) is 0 Å². The van der Waals surface area contributed by atoms with Gasteiger partial charge in [0.15, 0.2) is 0 Å². The molecule has 0 unspecified atom stereocenters. The third-order valence-electron chi connectivity index (χ3n) is 3.14. The number of carbonyl (C=O) groups excluding carboxylic acids is 1. The maximum absolute atomic E-state index is 12.0. The molecule has 3 nitrogen and oxygen atoms in total. The largest absolute Gasteiger partial charge is 0.340 e. The van der Waals surface area contributed by atoms with Gasteiger partial charge < -0.3 is 10.2 Å². The van der Waals surface area contributed by atoms with Gasteiger partial charge in [0.1, 0.15) is 0 Å². The van der Waals surface area contributed by atoms with Crippen LogP contribution in [0.3, 0.4) is 0 Å². The lowest BCUT2D eigenvalue weighted by molar-refractivity contribution is -0.129. The zero-order chi connectivity index (χ0) is 14.2. The number of hydrogen-bond donors (Lipinski definition) is 1. The highest BCUT2D eigenvalue weighted by molar-refractivity contribution is 5.77. The zero-order valence-corrected chi connectivity index (χ0v) is 11.8. The van der Waals surface area contributed by atoms with E-state index in [9.17, 15) is 4.79 Å². The molecule has 0 heterocycles. The Hall–Kier alpha value is -2.13. The van der Waals surface area contributed by atoms with E-state index in [2.05, 4.69) is 5.32 Å². The van der Waals surface area contributed by atoms with Crippen LogP contribution in [0.25, 0.3) is 0 Å². The van der Waals surface area contributed by atoms with E-state index in [1.54, 1.807) is 4.90 Å². The first-order valence-electron chi connectivity index (χ1n) is 6.78. The van der Waals surface area contributed by atoms with Crippen molar-refractivity contribution in [3.8, 4) is 0 Å².